The number of carbonyl (C=O) groups is 2. The van der Waals surface area contributed by atoms with Gasteiger partial charge in [-0.1, -0.05) is 18.2 Å². The van der Waals surface area contributed by atoms with Crippen LogP contribution in [0.5, 0.6) is 0 Å². The molecule has 0 saturated carbocycles. The van der Waals surface area contributed by atoms with Gasteiger partial charge in [0.25, 0.3) is 0 Å². The topological polar surface area (TPSA) is 56.3 Å². The lowest BCUT2D eigenvalue weighted by Gasteiger charge is -2.40. The number of hydrogen-bond donors (Lipinski definition) is 0. The molecule has 1 aromatic carbocycles. The van der Waals surface area contributed by atoms with Gasteiger partial charge in [0, 0.05) is 56.8 Å². The number of ether oxygens (including phenoxy) is 1. The summed E-state index contributed by atoms with van der Waals surface area (Å²) >= 11 is 1.77. The number of carbonyl (C=O) groups excluding carboxylic acids is 2. The van der Waals surface area contributed by atoms with Gasteiger partial charge in [-0.25, -0.2) is 4.79 Å². The fourth-order valence-electron chi connectivity index (χ4n) is 5.15. The maximum absolute atomic E-state index is 13.3. The van der Waals surface area contributed by atoms with E-state index in [0.29, 0.717) is 19.0 Å². The van der Waals surface area contributed by atoms with Crippen molar-refractivity contribution in [3.63, 3.8) is 0 Å². The zero-order valence-electron chi connectivity index (χ0n) is 20.4. The van der Waals surface area contributed by atoms with Crippen molar-refractivity contribution >= 4 is 29.4 Å². The van der Waals surface area contributed by atoms with Gasteiger partial charge in [0.1, 0.15) is 11.6 Å². The number of hydrogen-bond acceptors (Lipinski definition) is 6. The Hall–Kier alpha value is -1.93. The molecule has 3 aliphatic heterocycles. The molecule has 0 spiro atoms. The minimum atomic E-state index is -0.577. The van der Waals surface area contributed by atoms with Gasteiger partial charge in [-0.3, -0.25) is 14.6 Å². The van der Waals surface area contributed by atoms with Crippen LogP contribution in [0, 0.1) is 0 Å². The van der Waals surface area contributed by atoms with Gasteiger partial charge in [0.2, 0.25) is 5.91 Å². The predicted molar refractivity (Wildman–Crippen MR) is 134 cm³/mol. The van der Waals surface area contributed by atoms with Crippen LogP contribution in [-0.4, -0.2) is 95.3 Å². The Morgan fingerprint density at radius 1 is 1.09 bits per heavy atom. The fourth-order valence-corrected chi connectivity index (χ4v) is 6.10. The molecular weight excluding hydrogens is 436 g/mol. The van der Waals surface area contributed by atoms with Crippen LogP contribution in [0.15, 0.2) is 30.3 Å². The van der Waals surface area contributed by atoms with E-state index in [0.717, 1.165) is 44.1 Å². The average molecular weight is 475 g/mol. The molecule has 3 saturated heterocycles. The zero-order chi connectivity index (χ0) is 23.6. The summed E-state index contributed by atoms with van der Waals surface area (Å²) in [6, 6.07) is 10.8. The van der Waals surface area contributed by atoms with Gasteiger partial charge in [-0.15, -0.1) is 11.8 Å². The van der Waals surface area contributed by atoms with E-state index in [2.05, 4.69) is 47.2 Å². The van der Waals surface area contributed by atoms with Gasteiger partial charge < -0.3 is 14.5 Å². The highest BCUT2D eigenvalue weighted by atomic mass is 32.2. The van der Waals surface area contributed by atoms with Gasteiger partial charge in [0.15, 0.2) is 0 Å². The summed E-state index contributed by atoms with van der Waals surface area (Å²) in [4.78, 5) is 34.8. The highest BCUT2D eigenvalue weighted by molar-refractivity contribution is 7.99. The van der Waals surface area contributed by atoms with Crippen molar-refractivity contribution in [3.8, 4) is 0 Å². The molecular formula is C25H38N4O3S. The lowest BCUT2D eigenvalue weighted by Crippen LogP contribution is -2.49. The van der Waals surface area contributed by atoms with Gasteiger partial charge >= 0.3 is 6.09 Å². The lowest BCUT2D eigenvalue weighted by molar-refractivity contribution is -0.134. The maximum atomic E-state index is 13.3. The molecule has 182 valence electrons. The summed E-state index contributed by atoms with van der Waals surface area (Å²) in [6.07, 6.45) is 2.48. The van der Waals surface area contributed by atoms with E-state index in [1.807, 2.05) is 25.7 Å². The van der Waals surface area contributed by atoms with Crippen molar-refractivity contribution < 1.29 is 14.3 Å². The molecule has 7 nitrogen and oxygen atoms in total. The van der Waals surface area contributed by atoms with Crippen LogP contribution in [-0.2, 0) is 9.53 Å². The molecule has 2 amide bonds. The molecule has 1 aromatic rings. The second-order valence-electron chi connectivity index (χ2n) is 10.4. The normalized spacial score (nSPS) is 24.8. The third-order valence-corrected chi connectivity index (χ3v) is 7.95. The quantitative estimate of drug-likeness (QED) is 0.666. The Bertz CT molecular complexity index is 817. The smallest absolute Gasteiger partial charge is 0.411 e. The van der Waals surface area contributed by atoms with E-state index in [1.165, 1.54) is 5.69 Å². The number of benzene rings is 1. The van der Waals surface area contributed by atoms with Crippen LogP contribution < -0.4 is 4.90 Å². The molecule has 0 aromatic heterocycles. The highest BCUT2D eigenvalue weighted by Gasteiger charge is 2.45. The molecule has 0 N–H and O–H groups in total. The van der Waals surface area contributed by atoms with Crippen molar-refractivity contribution in [2.45, 2.75) is 63.8 Å². The van der Waals surface area contributed by atoms with Crippen LogP contribution in [0.25, 0.3) is 0 Å². The third-order valence-electron chi connectivity index (χ3n) is 6.98. The van der Waals surface area contributed by atoms with E-state index < -0.39 is 11.6 Å². The van der Waals surface area contributed by atoms with Gasteiger partial charge in [-0.2, -0.15) is 0 Å². The Balaban J connectivity index is 1.40. The molecule has 8 heteroatoms. The van der Waals surface area contributed by atoms with Crippen LogP contribution in [0.2, 0.25) is 0 Å². The molecule has 0 radical (unpaired) electrons. The van der Waals surface area contributed by atoms with Gasteiger partial charge in [-0.05, 0) is 52.2 Å². The second-order valence-corrected chi connectivity index (χ2v) is 11.5. The molecule has 0 aliphatic carbocycles. The Morgan fingerprint density at radius 3 is 2.39 bits per heavy atom. The predicted octanol–water partition coefficient (Wildman–Crippen LogP) is 3.50. The first-order chi connectivity index (χ1) is 15.7. The SMILES string of the molecule is CN(c1ccccc1)C1CCN([C@H]2C[C@@H](C(=O)N3CCSC3)N(C(=O)OC(C)(C)C)C2)CC1. The minimum Gasteiger partial charge on any atom is -0.444 e. The first kappa shape index (κ1) is 24.2. The first-order valence-corrected chi connectivity index (χ1v) is 13.3. The summed E-state index contributed by atoms with van der Waals surface area (Å²) in [6.45, 7) is 8.92. The number of para-hydroxylation sites is 1. The second kappa shape index (κ2) is 10.1. The van der Waals surface area contributed by atoms with E-state index in [9.17, 15) is 9.59 Å². The number of piperidine rings is 1. The molecule has 33 heavy (non-hydrogen) atoms. The lowest BCUT2D eigenvalue weighted by atomic mass is 10.00. The molecule has 0 unspecified atom stereocenters. The third kappa shape index (κ3) is 5.77. The molecule has 2 atom stereocenters. The summed E-state index contributed by atoms with van der Waals surface area (Å²) < 4.78 is 5.68. The average Bonchev–Trinajstić information content (AvgIpc) is 3.48. The van der Waals surface area contributed by atoms with Gasteiger partial charge in [0.05, 0.1) is 5.88 Å². The van der Waals surface area contributed by atoms with Crippen molar-refractivity contribution in [1.82, 2.24) is 14.7 Å². The molecule has 3 fully saturated rings. The largest absolute Gasteiger partial charge is 0.444 e. The summed E-state index contributed by atoms with van der Waals surface area (Å²) in [5.74, 6) is 1.77. The first-order valence-electron chi connectivity index (χ1n) is 12.1. The number of thioether (sulfide) groups is 1. The number of likely N-dealkylation sites (tertiary alicyclic amines) is 2. The van der Waals surface area contributed by atoms with Crippen molar-refractivity contribution in [1.29, 1.82) is 0 Å². The van der Waals surface area contributed by atoms with Crippen molar-refractivity contribution in [2.24, 2.45) is 0 Å². The maximum Gasteiger partial charge on any atom is 0.411 e. The number of nitrogens with zero attached hydrogens (tertiary/aromatic N) is 4. The number of rotatable bonds is 4. The van der Waals surface area contributed by atoms with E-state index in [1.54, 1.807) is 16.7 Å². The zero-order valence-corrected chi connectivity index (χ0v) is 21.2. The molecule has 3 aliphatic rings. The summed E-state index contributed by atoms with van der Waals surface area (Å²) in [5.41, 5.74) is 0.675. The van der Waals surface area contributed by atoms with E-state index in [4.69, 9.17) is 4.74 Å². The summed E-state index contributed by atoms with van der Waals surface area (Å²) in [5, 5.41) is 0. The Labute approximate surface area is 202 Å². The molecule has 3 heterocycles. The Kier molecular flexibility index (Phi) is 7.43. The van der Waals surface area contributed by atoms with Crippen LogP contribution in [0.1, 0.15) is 40.0 Å². The molecule has 4 rings (SSSR count). The standard InChI is InChI=1S/C25H38N4O3S/c1-25(2,3)32-24(31)29-17-21(16-22(29)23(30)28-14-15-33-18-28)27-12-10-20(11-13-27)26(4)19-8-6-5-7-9-19/h5-9,20-22H,10-18H2,1-4H3/t21-,22-/m0/s1. The highest BCUT2D eigenvalue weighted by Crippen LogP contribution is 2.30. The Morgan fingerprint density at radius 2 is 1.79 bits per heavy atom. The van der Waals surface area contributed by atoms with Crippen LogP contribution in [0.3, 0.4) is 0 Å². The van der Waals surface area contributed by atoms with Crippen LogP contribution >= 0.6 is 11.8 Å². The number of amides is 2. The fraction of sp³-hybridized carbons (Fsp3) is 0.680. The minimum absolute atomic E-state index is 0.0760. The number of anilines is 1. The molecule has 0 bridgehead atoms. The van der Waals surface area contributed by atoms with E-state index in [-0.39, 0.29) is 18.0 Å². The van der Waals surface area contributed by atoms with Crippen molar-refractivity contribution in [2.75, 3.05) is 49.8 Å². The van der Waals surface area contributed by atoms with E-state index >= 15 is 0 Å². The van der Waals surface area contributed by atoms with Crippen molar-refractivity contribution in [3.05, 3.63) is 30.3 Å². The summed E-state index contributed by atoms with van der Waals surface area (Å²) in [7, 11) is 2.18. The van der Waals surface area contributed by atoms with Crippen LogP contribution in [0.4, 0.5) is 10.5 Å². The monoisotopic (exact) mass is 474 g/mol.